The van der Waals surface area contributed by atoms with Gasteiger partial charge >= 0.3 is 0 Å². The molecule has 0 bridgehead atoms. The monoisotopic (exact) mass is 501 g/mol. The number of carbonyl (C=O) groups excluding carboxylic acids is 1. The molecule has 0 saturated carbocycles. The molecule has 1 amide bonds. The maximum Gasteiger partial charge on any atom is 0.272 e. The quantitative estimate of drug-likeness (QED) is 0.271. The molecule has 0 spiro atoms. The number of nitrogens with zero attached hydrogens (tertiary/aromatic N) is 5. The number of hydrogen-bond acceptors (Lipinski definition) is 5. The lowest BCUT2D eigenvalue weighted by molar-refractivity contribution is -0.384. The number of para-hydroxylation sites is 1. The number of nitro benzene ring substituents is 1. The topological polar surface area (TPSA) is 84.5 Å². The Morgan fingerprint density at radius 2 is 1.61 bits per heavy atom. The molecule has 0 atom stereocenters. The van der Waals surface area contributed by atoms with Gasteiger partial charge in [-0.15, -0.1) is 0 Å². The zero-order valence-corrected chi connectivity index (χ0v) is 20.4. The molecule has 0 radical (unpaired) electrons. The van der Waals surface area contributed by atoms with Crippen molar-refractivity contribution in [3.63, 3.8) is 0 Å². The average molecular weight is 502 g/mol. The normalized spacial score (nSPS) is 13.6. The Balaban J connectivity index is 1.44. The van der Waals surface area contributed by atoms with Gasteiger partial charge in [0.2, 0.25) is 0 Å². The first-order chi connectivity index (χ1) is 17.4. The van der Waals surface area contributed by atoms with Crippen molar-refractivity contribution >= 4 is 28.9 Å². The van der Waals surface area contributed by atoms with Crippen LogP contribution in [-0.4, -0.2) is 51.7 Å². The number of aryl methyl sites for hydroxylation is 1. The molecule has 1 aliphatic heterocycles. The number of benzene rings is 3. The molecule has 1 aromatic heterocycles. The van der Waals surface area contributed by atoms with Crippen LogP contribution in [-0.2, 0) is 0 Å². The molecule has 8 nitrogen and oxygen atoms in total. The van der Waals surface area contributed by atoms with Gasteiger partial charge in [0.05, 0.1) is 16.3 Å². The minimum atomic E-state index is -0.443. The molecule has 0 aliphatic carbocycles. The Labute approximate surface area is 213 Å². The summed E-state index contributed by atoms with van der Waals surface area (Å²) in [5, 5.41) is 16.3. The molecule has 1 aliphatic rings. The molecule has 2 heterocycles. The number of aromatic nitrogens is 2. The highest BCUT2D eigenvalue weighted by atomic mass is 35.5. The van der Waals surface area contributed by atoms with Crippen molar-refractivity contribution in [1.82, 2.24) is 14.7 Å². The second kappa shape index (κ2) is 9.83. The third kappa shape index (κ3) is 4.67. The van der Waals surface area contributed by atoms with Crippen LogP contribution in [0.3, 0.4) is 0 Å². The van der Waals surface area contributed by atoms with Crippen LogP contribution >= 0.6 is 11.6 Å². The fraction of sp³-hybridized carbons (Fsp3) is 0.185. The van der Waals surface area contributed by atoms with Gasteiger partial charge in [-0.25, -0.2) is 4.68 Å². The lowest BCUT2D eigenvalue weighted by Gasteiger charge is -2.36. The van der Waals surface area contributed by atoms with Gasteiger partial charge in [-0.1, -0.05) is 29.8 Å². The predicted octanol–water partition coefficient (Wildman–Crippen LogP) is 5.37. The van der Waals surface area contributed by atoms with E-state index in [-0.39, 0.29) is 11.6 Å². The van der Waals surface area contributed by atoms with Gasteiger partial charge in [0.15, 0.2) is 0 Å². The Hall–Kier alpha value is -4.17. The first kappa shape index (κ1) is 23.6. The van der Waals surface area contributed by atoms with E-state index in [1.165, 1.54) is 23.4 Å². The van der Waals surface area contributed by atoms with Gasteiger partial charge in [-0.2, -0.15) is 5.10 Å². The minimum absolute atomic E-state index is 0.00120. The van der Waals surface area contributed by atoms with Crippen LogP contribution in [0.5, 0.6) is 0 Å². The third-order valence-electron chi connectivity index (χ3n) is 6.40. The number of carbonyl (C=O) groups is 1. The zero-order valence-electron chi connectivity index (χ0n) is 19.7. The molecule has 182 valence electrons. The standard InChI is InChI=1S/C27H24ClN5O3/c1-19-4-2-3-5-25(19)30-14-16-31(17-15-30)27(34)26-18-24(20-6-10-23(11-7-20)33(35)36)29-32(26)22-12-8-21(28)9-13-22/h2-13,18H,14-17H2,1H3. The van der Waals surface area contributed by atoms with Crippen molar-refractivity contribution in [3.8, 4) is 16.9 Å². The highest BCUT2D eigenvalue weighted by Gasteiger charge is 2.27. The number of rotatable bonds is 5. The molecular weight excluding hydrogens is 478 g/mol. The molecule has 1 fully saturated rings. The van der Waals surface area contributed by atoms with Crippen LogP contribution in [0.1, 0.15) is 16.1 Å². The predicted molar refractivity (Wildman–Crippen MR) is 140 cm³/mol. The van der Waals surface area contributed by atoms with E-state index >= 15 is 0 Å². The summed E-state index contributed by atoms with van der Waals surface area (Å²) in [5.41, 5.74) is 4.78. The molecule has 36 heavy (non-hydrogen) atoms. The van der Waals surface area contributed by atoms with E-state index < -0.39 is 4.92 Å². The summed E-state index contributed by atoms with van der Waals surface area (Å²) in [6.07, 6.45) is 0. The third-order valence-corrected chi connectivity index (χ3v) is 6.65. The lowest BCUT2D eigenvalue weighted by atomic mass is 10.1. The van der Waals surface area contributed by atoms with E-state index in [1.54, 1.807) is 35.0 Å². The number of nitro groups is 1. The summed E-state index contributed by atoms with van der Waals surface area (Å²) in [6.45, 7) is 4.75. The second-order valence-corrected chi connectivity index (χ2v) is 9.11. The van der Waals surface area contributed by atoms with Crippen molar-refractivity contribution in [3.05, 3.63) is 105 Å². The maximum atomic E-state index is 13.7. The van der Waals surface area contributed by atoms with Crippen LogP contribution in [0.2, 0.25) is 5.02 Å². The van der Waals surface area contributed by atoms with Crippen LogP contribution in [0, 0.1) is 17.0 Å². The Morgan fingerprint density at radius 3 is 2.25 bits per heavy atom. The van der Waals surface area contributed by atoms with E-state index in [0.29, 0.717) is 40.8 Å². The van der Waals surface area contributed by atoms with E-state index in [2.05, 4.69) is 24.0 Å². The van der Waals surface area contributed by atoms with E-state index in [4.69, 9.17) is 16.7 Å². The lowest BCUT2D eigenvalue weighted by Crippen LogP contribution is -2.49. The highest BCUT2D eigenvalue weighted by Crippen LogP contribution is 2.26. The first-order valence-corrected chi connectivity index (χ1v) is 12.0. The number of amides is 1. The summed E-state index contributed by atoms with van der Waals surface area (Å²) >= 11 is 6.08. The van der Waals surface area contributed by atoms with E-state index in [0.717, 1.165) is 13.1 Å². The number of piperazine rings is 1. The Bertz CT molecular complexity index is 1410. The molecular formula is C27H24ClN5O3. The van der Waals surface area contributed by atoms with Crippen LogP contribution in [0.25, 0.3) is 16.9 Å². The largest absolute Gasteiger partial charge is 0.368 e. The number of non-ortho nitro benzene ring substituents is 1. The Morgan fingerprint density at radius 1 is 0.944 bits per heavy atom. The number of halogens is 1. The highest BCUT2D eigenvalue weighted by molar-refractivity contribution is 6.30. The van der Waals surface area contributed by atoms with Crippen molar-refractivity contribution in [2.45, 2.75) is 6.92 Å². The fourth-order valence-corrected chi connectivity index (χ4v) is 4.56. The second-order valence-electron chi connectivity index (χ2n) is 8.67. The van der Waals surface area contributed by atoms with E-state index in [1.807, 2.05) is 29.2 Å². The van der Waals surface area contributed by atoms with Crippen LogP contribution in [0.15, 0.2) is 78.9 Å². The summed E-state index contributed by atoms with van der Waals surface area (Å²) in [6, 6.07) is 23.3. The van der Waals surface area contributed by atoms with Gasteiger partial charge in [0, 0.05) is 54.6 Å². The summed E-state index contributed by atoms with van der Waals surface area (Å²) in [5.74, 6) is -0.116. The average Bonchev–Trinajstić information content (AvgIpc) is 3.35. The van der Waals surface area contributed by atoms with Gasteiger partial charge in [-0.3, -0.25) is 14.9 Å². The van der Waals surface area contributed by atoms with Gasteiger partial charge in [0.25, 0.3) is 11.6 Å². The summed E-state index contributed by atoms with van der Waals surface area (Å²) in [7, 11) is 0. The molecule has 0 unspecified atom stereocenters. The molecule has 3 aromatic carbocycles. The maximum absolute atomic E-state index is 13.7. The molecule has 9 heteroatoms. The minimum Gasteiger partial charge on any atom is -0.368 e. The molecule has 5 rings (SSSR count). The number of hydrogen-bond donors (Lipinski definition) is 0. The molecule has 1 saturated heterocycles. The van der Waals surface area contributed by atoms with Gasteiger partial charge in [-0.05, 0) is 61.0 Å². The Kier molecular flexibility index (Phi) is 6.43. The summed E-state index contributed by atoms with van der Waals surface area (Å²) in [4.78, 5) is 28.4. The van der Waals surface area contributed by atoms with Crippen molar-refractivity contribution in [2.75, 3.05) is 31.1 Å². The van der Waals surface area contributed by atoms with Crippen LogP contribution in [0.4, 0.5) is 11.4 Å². The van der Waals surface area contributed by atoms with Crippen molar-refractivity contribution in [2.24, 2.45) is 0 Å². The number of anilines is 1. The van der Waals surface area contributed by atoms with Crippen LogP contribution < -0.4 is 4.90 Å². The van der Waals surface area contributed by atoms with Crippen molar-refractivity contribution < 1.29 is 9.72 Å². The van der Waals surface area contributed by atoms with Gasteiger partial charge in [0.1, 0.15) is 5.69 Å². The smallest absolute Gasteiger partial charge is 0.272 e. The van der Waals surface area contributed by atoms with Gasteiger partial charge < -0.3 is 9.80 Å². The van der Waals surface area contributed by atoms with Crippen molar-refractivity contribution in [1.29, 1.82) is 0 Å². The zero-order chi connectivity index (χ0) is 25.2. The summed E-state index contributed by atoms with van der Waals surface area (Å²) < 4.78 is 1.61. The SMILES string of the molecule is Cc1ccccc1N1CCN(C(=O)c2cc(-c3ccc([N+](=O)[O-])cc3)nn2-c2ccc(Cl)cc2)CC1. The fourth-order valence-electron chi connectivity index (χ4n) is 4.44. The van der Waals surface area contributed by atoms with E-state index in [9.17, 15) is 14.9 Å². The molecule has 4 aromatic rings. The molecule has 0 N–H and O–H groups in total. The first-order valence-electron chi connectivity index (χ1n) is 11.6.